The summed E-state index contributed by atoms with van der Waals surface area (Å²) in [5.41, 5.74) is 5.37. The molecule has 7 heteroatoms. The van der Waals surface area contributed by atoms with Crippen LogP contribution in [0.5, 0.6) is 5.88 Å². The fraction of sp³-hybridized carbons (Fsp3) is 0.300. The Balaban J connectivity index is 1.71. The van der Waals surface area contributed by atoms with Crippen LogP contribution in [0.1, 0.15) is 10.5 Å². The Hall–Kier alpha value is -2.31. The zero-order chi connectivity index (χ0) is 11.8. The molecule has 0 bridgehead atoms. The summed E-state index contributed by atoms with van der Waals surface area (Å²) in [7, 11) is 0. The highest BCUT2D eigenvalue weighted by molar-refractivity contribution is 5.91. The number of aromatic nitrogens is 4. The van der Waals surface area contributed by atoms with Gasteiger partial charge >= 0.3 is 0 Å². The Labute approximate surface area is 96.8 Å². The lowest BCUT2D eigenvalue weighted by molar-refractivity contribution is 0.0993. The van der Waals surface area contributed by atoms with Crippen molar-refractivity contribution in [2.75, 3.05) is 0 Å². The molecule has 0 aromatic carbocycles. The van der Waals surface area contributed by atoms with Gasteiger partial charge in [0.25, 0.3) is 5.91 Å². The van der Waals surface area contributed by atoms with Crippen molar-refractivity contribution in [1.29, 1.82) is 0 Å². The number of fused-ring (bicyclic) bond motifs is 1. The van der Waals surface area contributed by atoms with E-state index in [0.717, 1.165) is 0 Å². The molecule has 0 spiro atoms. The van der Waals surface area contributed by atoms with E-state index >= 15 is 0 Å². The molecule has 2 aromatic rings. The van der Waals surface area contributed by atoms with Crippen LogP contribution in [0, 0.1) is 0 Å². The van der Waals surface area contributed by atoms with Crippen LogP contribution in [0.15, 0.2) is 24.5 Å². The van der Waals surface area contributed by atoms with Gasteiger partial charge in [-0.15, -0.1) is 0 Å². The van der Waals surface area contributed by atoms with Gasteiger partial charge in [-0.3, -0.25) is 9.48 Å². The Bertz CT molecular complexity index is 522. The maximum absolute atomic E-state index is 10.9. The number of nitrogens with two attached hydrogens (primary N) is 1. The lowest BCUT2D eigenvalue weighted by Crippen LogP contribution is -2.23. The zero-order valence-electron chi connectivity index (χ0n) is 8.98. The molecule has 1 aliphatic rings. The first-order valence-corrected chi connectivity index (χ1v) is 5.24. The lowest BCUT2D eigenvalue weighted by Gasteiger charge is -2.08. The van der Waals surface area contributed by atoms with Crippen LogP contribution in [-0.4, -0.2) is 31.6 Å². The van der Waals surface area contributed by atoms with E-state index in [1.165, 1.54) is 0 Å². The molecule has 17 heavy (non-hydrogen) atoms. The Morgan fingerprint density at radius 3 is 3.18 bits per heavy atom. The molecule has 2 aromatic heterocycles. The normalized spacial score (nSPS) is 17.8. The average molecular weight is 233 g/mol. The number of hydrogen-bond acceptors (Lipinski definition) is 4. The molecule has 1 unspecified atom stereocenters. The Morgan fingerprint density at radius 2 is 2.53 bits per heavy atom. The third kappa shape index (κ3) is 1.75. The molecule has 3 heterocycles. The minimum atomic E-state index is -0.542. The van der Waals surface area contributed by atoms with Crippen molar-refractivity contribution < 1.29 is 9.53 Å². The van der Waals surface area contributed by atoms with E-state index in [2.05, 4.69) is 10.2 Å². The quantitative estimate of drug-likeness (QED) is 0.784. The SMILES string of the molecule is NC(=O)c1cc2n(n1)CC(Cn1cccn1)O2. The van der Waals surface area contributed by atoms with Crippen LogP contribution in [0.25, 0.3) is 0 Å². The predicted molar refractivity (Wildman–Crippen MR) is 57.4 cm³/mol. The molecule has 0 saturated carbocycles. The van der Waals surface area contributed by atoms with E-state index in [0.29, 0.717) is 19.0 Å². The van der Waals surface area contributed by atoms with Crippen molar-refractivity contribution >= 4 is 5.91 Å². The average Bonchev–Trinajstić information content (AvgIpc) is 2.91. The summed E-state index contributed by atoms with van der Waals surface area (Å²) in [6, 6.07) is 3.42. The standard InChI is InChI=1S/C10H11N5O2/c11-10(16)8-4-9-15(13-8)6-7(17-9)5-14-3-1-2-12-14/h1-4,7H,5-6H2,(H2,11,16). The van der Waals surface area contributed by atoms with Crippen molar-refractivity contribution in [3.8, 4) is 5.88 Å². The third-order valence-electron chi connectivity index (χ3n) is 2.61. The van der Waals surface area contributed by atoms with E-state index in [9.17, 15) is 4.79 Å². The number of amides is 1. The zero-order valence-corrected chi connectivity index (χ0v) is 8.98. The van der Waals surface area contributed by atoms with Crippen molar-refractivity contribution in [1.82, 2.24) is 19.6 Å². The van der Waals surface area contributed by atoms with Gasteiger partial charge in [0.2, 0.25) is 5.88 Å². The van der Waals surface area contributed by atoms with Crippen LogP contribution in [0.4, 0.5) is 0 Å². The highest BCUT2D eigenvalue weighted by Crippen LogP contribution is 2.23. The molecule has 0 fully saturated rings. The minimum absolute atomic E-state index is 0.0145. The van der Waals surface area contributed by atoms with Crippen LogP contribution in [0.2, 0.25) is 0 Å². The van der Waals surface area contributed by atoms with E-state index in [1.54, 1.807) is 21.6 Å². The maximum Gasteiger partial charge on any atom is 0.269 e. The first-order valence-electron chi connectivity index (χ1n) is 5.24. The monoisotopic (exact) mass is 233 g/mol. The van der Waals surface area contributed by atoms with Gasteiger partial charge in [-0.1, -0.05) is 0 Å². The molecule has 88 valence electrons. The van der Waals surface area contributed by atoms with Gasteiger partial charge in [0.1, 0.15) is 6.10 Å². The van der Waals surface area contributed by atoms with Gasteiger partial charge in [0.05, 0.1) is 13.1 Å². The van der Waals surface area contributed by atoms with Crippen molar-refractivity contribution in [2.24, 2.45) is 5.73 Å². The molecule has 0 saturated heterocycles. The summed E-state index contributed by atoms with van der Waals surface area (Å²) in [5, 5.41) is 8.16. The summed E-state index contributed by atoms with van der Waals surface area (Å²) in [6.45, 7) is 1.25. The molecular formula is C10H11N5O2. The summed E-state index contributed by atoms with van der Waals surface area (Å²) in [6.07, 6.45) is 3.58. The van der Waals surface area contributed by atoms with Crippen LogP contribution >= 0.6 is 0 Å². The number of ether oxygens (including phenoxy) is 1. The van der Waals surface area contributed by atoms with E-state index < -0.39 is 5.91 Å². The second-order valence-corrected chi connectivity index (χ2v) is 3.88. The van der Waals surface area contributed by atoms with Crippen molar-refractivity contribution in [2.45, 2.75) is 19.2 Å². The molecule has 3 rings (SSSR count). The van der Waals surface area contributed by atoms with Crippen LogP contribution < -0.4 is 10.5 Å². The van der Waals surface area contributed by atoms with E-state index in [-0.39, 0.29) is 11.8 Å². The number of rotatable bonds is 3. The third-order valence-corrected chi connectivity index (χ3v) is 2.61. The Kier molecular flexibility index (Phi) is 2.10. The molecule has 7 nitrogen and oxygen atoms in total. The first kappa shape index (κ1) is 9.88. The summed E-state index contributed by atoms with van der Waals surface area (Å²) < 4.78 is 9.09. The number of carbonyl (C=O) groups excluding carboxylic acids is 1. The molecule has 1 amide bonds. The van der Waals surface area contributed by atoms with Crippen molar-refractivity contribution in [3.05, 3.63) is 30.2 Å². The number of nitrogens with zero attached hydrogens (tertiary/aromatic N) is 4. The van der Waals surface area contributed by atoms with Crippen molar-refractivity contribution in [3.63, 3.8) is 0 Å². The largest absolute Gasteiger partial charge is 0.471 e. The van der Waals surface area contributed by atoms with Gasteiger partial charge in [-0.25, -0.2) is 4.68 Å². The fourth-order valence-electron chi connectivity index (χ4n) is 1.86. The Morgan fingerprint density at radius 1 is 1.65 bits per heavy atom. The van der Waals surface area contributed by atoms with Crippen LogP contribution in [0.3, 0.4) is 0 Å². The molecule has 0 aliphatic carbocycles. The van der Waals surface area contributed by atoms with Gasteiger partial charge in [0, 0.05) is 18.5 Å². The second-order valence-electron chi connectivity index (χ2n) is 3.88. The smallest absolute Gasteiger partial charge is 0.269 e. The second kappa shape index (κ2) is 3.62. The molecule has 1 aliphatic heterocycles. The fourth-order valence-corrected chi connectivity index (χ4v) is 1.86. The first-order chi connectivity index (χ1) is 8.22. The maximum atomic E-state index is 10.9. The summed E-state index contributed by atoms with van der Waals surface area (Å²) in [5.74, 6) is 0.0371. The molecular weight excluding hydrogens is 222 g/mol. The summed E-state index contributed by atoms with van der Waals surface area (Å²) in [4.78, 5) is 10.9. The van der Waals surface area contributed by atoms with E-state index in [4.69, 9.17) is 10.5 Å². The van der Waals surface area contributed by atoms with E-state index in [1.807, 2.05) is 12.3 Å². The predicted octanol–water partition coefficient (Wildman–Crippen LogP) is -0.360. The number of hydrogen-bond donors (Lipinski definition) is 1. The number of carbonyl (C=O) groups is 1. The summed E-state index contributed by atoms with van der Waals surface area (Å²) >= 11 is 0. The highest BCUT2D eigenvalue weighted by atomic mass is 16.5. The van der Waals surface area contributed by atoms with Crippen LogP contribution in [-0.2, 0) is 13.1 Å². The minimum Gasteiger partial charge on any atom is -0.471 e. The molecule has 0 radical (unpaired) electrons. The van der Waals surface area contributed by atoms with Gasteiger partial charge < -0.3 is 10.5 Å². The van der Waals surface area contributed by atoms with Gasteiger partial charge in [0.15, 0.2) is 5.69 Å². The number of primary amides is 1. The van der Waals surface area contributed by atoms with Gasteiger partial charge in [-0.05, 0) is 6.07 Å². The highest BCUT2D eigenvalue weighted by Gasteiger charge is 2.26. The van der Waals surface area contributed by atoms with Gasteiger partial charge in [-0.2, -0.15) is 10.2 Å². The molecule has 2 N–H and O–H groups in total. The lowest BCUT2D eigenvalue weighted by atomic mass is 10.3. The topological polar surface area (TPSA) is 88.0 Å². The molecule has 1 atom stereocenters.